The van der Waals surface area contributed by atoms with Crippen LogP contribution >= 0.6 is 23.4 Å². The van der Waals surface area contributed by atoms with Gasteiger partial charge in [0.1, 0.15) is 5.82 Å². The number of amides is 2. The molecule has 1 saturated heterocycles. The number of hydrogen-bond donors (Lipinski definition) is 0. The summed E-state index contributed by atoms with van der Waals surface area (Å²) < 4.78 is 24.7. The van der Waals surface area contributed by atoms with Crippen molar-refractivity contribution in [3.63, 3.8) is 0 Å². The van der Waals surface area contributed by atoms with Crippen molar-refractivity contribution in [3.05, 3.63) is 99.2 Å². The molecule has 0 radical (unpaired) electrons. The van der Waals surface area contributed by atoms with Gasteiger partial charge in [-0.2, -0.15) is 0 Å². The molecule has 0 bridgehead atoms. The first kappa shape index (κ1) is 23.5. The summed E-state index contributed by atoms with van der Waals surface area (Å²) in [6.45, 7) is -0.155. The molecule has 9 heteroatoms. The van der Waals surface area contributed by atoms with Gasteiger partial charge in [0.2, 0.25) is 0 Å². The van der Waals surface area contributed by atoms with E-state index in [9.17, 15) is 18.8 Å². The van der Waals surface area contributed by atoms with Gasteiger partial charge in [0, 0.05) is 10.6 Å². The SMILES string of the molecule is COc1cc(/C=C2\SC(=O)N(Cc3ccccc3F)C2=O)ccc1OC(=O)c1ccc(Cl)cc1. The van der Waals surface area contributed by atoms with E-state index < -0.39 is 22.9 Å². The molecule has 3 aromatic rings. The van der Waals surface area contributed by atoms with Crippen LogP contribution in [0.3, 0.4) is 0 Å². The number of carbonyl (C=O) groups excluding carboxylic acids is 3. The number of thioether (sulfide) groups is 1. The number of nitrogens with zero attached hydrogens (tertiary/aromatic N) is 1. The Morgan fingerprint density at radius 2 is 1.79 bits per heavy atom. The molecule has 2 amide bonds. The molecular weight excluding hydrogens is 481 g/mol. The molecule has 0 aromatic heterocycles. The van der Waals surface area contributed by atoms with Gasteiger partial charge in [-0.1, -0.05) is 35.9 Å². The van der Waals surface area contributed by atoms with E-state index in [2.05, 4.69) is 0 Å². The van der Waals surface area contributed by atoms with Gasteiger partial charge >= 0.3 is 5.97 Å². The molecule has 1 aliphatic heterocycles. The van der Waals surface area contributed by atoms with Crippen molar-refractivity contribution in [2.45, 2.75) is 6.54 Å². The Balaban J connectivity index is 1.52. The van der Waals surface area contributed by atoms with Gasteiger partial charge in [0.15, 0.2) is 11.5 Å². The average molecular weight is 498 g/mol. The van der Waals surface area contributed by atoms with Gasteiger partial charge in [-0.3, -0.25) is 14.5 Å². The number of rotatable bonds is 6. The van der Waals surface area contributed by atoms with Crippen LogP contribution in [0.25, 0.3) is 6.08 Å². The number of carbonyl (C=O) groups is 3. The maximum absolute atomic E-state index is 14.0. The summed E-state index contributed by atoms with van der Waals surface area (Å²) >= 11 is 6.61. The number of imide groups is 1. The van der Waals surface area contributed by atoms with E-state index in [-0.39, 0.29) is 28.5 Å². The number of hydrogen-bond acceptors (Lipinski definition) is 6. The second-order valence-electron chi connectivity index (χ2n) is 7.17. The van der Waals surface area contributed by atoms with Crippen LogP contribution in [-0.4, -0.2) is 29.1 Å². The highest BCUT2D eigenvalue weighted by Gasteiger charge is 2.35. The van der Waals surface area contributed by atoms with Crippen molar-refractivity contribution < 1.29 is 28.2 Å². The summed E-state index contributed by atoms with van der Waals surface area (Å²) in [4.78, 5) is 38.7. The Morgan fingerprint density at radius 1 is 1.06 bits per heavy atom. The number of methoxy groups -OCH3 is 1. The van der Waals surface area contributed by atoms with Crippen LogP contribution in [0.2, 0.25) is 5.02 Å². The van der Waals surface area contributed by atoms with Crippen LogP contribution in [0, 0.1) is 5.82 Å². The first-order valence-electron chi connectivity index (χ1n) is 10.0. The predicted octanol–water partition coefficient (Wildman–Crippen LogP) is 5.94. The van der Waals surface area contributed by atoms with Crippen LogP contribution in [0.15, 0.2) is 71.6 Å². The van der Waals surface area contributed by atoms with E-state index in [0.717, 1.165) is 16.7 Å². The van der Waals surface area contributed by atoms with E-state index in [0.29, 0.717) is 16.1 Å². The standard InChI is InChI=1S/C25H17ClFNO5S/c1-32-21-12-15(6-11-20(21)33-24(30)16-7-9-18(26)10-8-16)13-22-23(29)28(25(31)34-22)14-17-4-2-3-5-19(17)27/h2-13H,14H2,1H3/b22-13-. The molecule has 0 N–H and O–H groups in total. The minimum Gasteiger partial charge on any atom is -0.493 e. The normalized spacial score (nSPS) is 14.6. The topological polar surface area (TPSA) is 72.9 Å². The molecule has 1 aliphatic rings. The van der Waals surface area contributed by atoms with E-state index in [1.54, 1.807) is 42.5 Å². The summed E-state index contributed by atoms with van der Waals surface area (Å²) in [6, 6.07) is 17.0. The lowest BCUT2D eigenvalue weighted by atomic mass is 10.1. The highest BCUT2D eigenvalue weighted by Crippen LogP contribution is 2.35. The third-order valence-electron chi connectivity index (χ3n) is 4.93. The zero-order valence-corrected chi connectivity index (χ0v) is 19.4. The molecule has 4 rings (SSSR count). The summed E-state index contributed by atoms with van der Waals surface area (Å²) in [7, 11) is 1.42. The highest BCUT2D eigenvalue weighted by atomic mass is 35.5. The van der Waals surface area contributed by atoms with Crippen LogP contribution in [0.4, 0.5) is 9.18 Å². The van der Waals surface area contributed by atoms with Gasteiger partial charge in [-0.15, -0.1) is 0 Å². The zero-order chi connectivity index (χ0) is 24.2. The average Bonchev–Trinajstić information content (AvgIpc) is 3.09. The van der Waals surface area contributed by atoms with E-state index >= 15 is 0 Å². The first-order valence-corrected chi connectivity index (χ1v) is 11.2. The summed E-state index contributed by atoms with van der Waals surface area (Å²) in [6.07, 6.45) is 1.53. The second-order valence-corrected chi connectivity index (χ2v) is 8.60. The molecule has 1 heterocycles. The monoisotopic (exact) mass is 497 g/mol. The Hall–Kier alpha value is -3.62. The second kappa shape index (κ2) is 10.1. The maximum atomic E-state index is 14.0. The van der Waals surface area contributed by atoms with Gasteiger partial charge < -0.3 is 9.47 Å². The van der Waals surface area contributed by atoms with Crippen LogP contribution in [0.1, 0.15) is 21.5 Å². The minimum atomic E-state index is -0.586. The molecule has 1 fully saturated rings. The van der Waals surface area contributed by atoms with Crippen molar-refractivity contribution in [1.82, 2.24) is 4.90 Å². The Labute approximate surface area is 203 Å². The van der Waals surface area contributed by atoms with Crippen LogP contribution < -0.4 is 9.47 Å². The molecular formula is C25H17ClFNO5S. The van der Waals surface area contributed by atoms with Gasteiger partial charge in [0.05, 0.1) is 24.1 Å². The van der Waals surface area contributed by atoms with Crippen molar-refractivity contribution in [2.75, 3.05) is 7.11 Å². The quantitative estimate of drug-likeness (QED) is 0.238. The minimum absolute atomic E-state index is 0.155. The molecule has 172 valence electrons. The molecule has 0 atom stereocenters. The lowest BCUT2D eigenvalue weighted by molar-refractivity contribution is -0.123. The first-order chi connectivity index (χ1) is 16.4. The van der Waals surface area contributed by atoms with E-state index in [4.69, 9.17) is 21.1 Å². The molecule has 0 spiro atoms. The summed E-state index contributed by atoms with van der Waals surface area (Å²) in [5.41, 5.74) is 1.12. The molecule has 3 aromatic carbocycles. The fourth-order valence-electron chi connectivity index (χ4n) is 3.19. The predicted molar refractivity (Wildman–Crippen MR) is 127 cm³/mol. The van der Waals surface area contributed by atoms with E-state index in [1.807, 2.05) is 0 Å². The third-order valence-corrected chi connectivity index (χ3v) is 6.09. The number of esters is 1. The molecule has 0 saturated carbocycles. The van der Waals surface area contributed by atoms with Crippen LogP contribution in [-0.2, 0) is 11.3 Å². The lowest BCUT2D eigenvalue weighted by Crippen LogP contribution is -2.27. The Bertz CT molecular complexity index is 1310. The van der Waals surface area contributed by atoms with E-state index in [1.165, 1.54) is 37.5 Å². The van der Waals surface area contributed by atoms with Crippen LogP contribution in [0.5, 0.6) is 11.5 Å². The Morgan fingerprint density at radius 3 is 2.50 bits per heavy atom. The van der Waals surface area contributed by atoms with Crippen molar-refractivity contribution in [2.24, 2.45) is 0 Å². The summed E-state index contributed by atoms with van der Waals surface area (Å²) in [5.74, 6) is -1.14. The van der Waals surface area contributed by atoms with Crippen molar-refractivity contribution in [1.29, 1.82) is 0 Å². The fraction of sp³-hybridized carbons (Fsp3) is 0.0800. The van der Waals surface area contributed by atoms with Gasteiger partial charge in [0.25, 0.3) is 11.1 Å². The fourth-order valence-corrected chi connectivity index (χ4v) is 4.15. The summed E-state index contributed by atoms with van der Waals surface area (Å²) in [5, 5.41) is 0.0109. The van der Waals surface area contributed by atoms with Gasteiger partial charge in [-0.25, -0.2) is 9.18 Å². The number of benzene rings is 3. The van der Waals surface area contributed by atoms with Crippen molar-refractivity contribution in [3.8, 4) is 11.5 Å². The third kappa shape index (κ3) is 5.13. The number of halogens is 2. The maximum Gasteiger partial charge on any atom is 0.343 e. The largest absolute Gasteiger partial charge is 0.493 e. The highest BCUT2D eigenvalue weighted by molar-refractivity contribution is 8.18. The number of ether oxygens (including phenoxy) is 2. The van der Waals surface area contributed by atoms with Gasteiger partial charge in [-0.05, 0) is 65.9 Å². The molecule has 34 heavy (non-hydrogen) atoms. The Kier molecular flexibility index (Phi) is 7.00. The molecule has 0 unspecified atom stereocenters. The molecule has 6 nitrogen and oxygen atoms in total. The van der Waals surface area contributed by atoms with Crippen molar-refractivity contribution >= 4 is 46.6 Å². The zero-order valence-electron chi connectivity index (χ0n) is 17.8. The smallest absolute Gasteiger partial charge is 0.343 e. The molecule has 0 aliphatic carbocycles. The lowest BCUT2D eigenvalue weighted by Gasteiger charge is -2.13.